The van der Waals surface area contributed by atoms with Gasteiger partial charge in [-0.2, -0.15) is 0 Å². The highest BCUT2D eigenvalue weighted by Gasteiger charge is 2.46. The lowest BCUT2D eigenvalue weighted by Gasteiger charge is -2.28. The molecule has 0 saturated heterocycles. The Morgan fingerprint density at radius 1 is 1.00 bits per heavy atom. The average molecular weight is 312 g/mol. The average Bonchev–Trinajstić information content (AvgIpc) is 2.68. The van der Waals surface area contributed by atoms with E-state index in [1.807, 2.05) is 31.2 Å². The molecule has 1 atom stereocenters. The molecule has 3 nitrogen and oxygen atoms in total. The molecule has 0 fully saturated rings. The van der Waals surface area contributed by atoms with E-state index in [0.717, 1.165) is 17.5 Å². The fourth-order valence-electron chi connectivity index (χ4n) is 4.02. The molecule has 0 aliphatic heterocycles. The van der Waals surface area contributed by atoms with Crippen molar-refractivity contribution in [3.05, 3.63) is 53.1 Å². The number of aromatic hydroxyl groups is 2. The van der Waals surface area contributed by atoms with Crippen LogP contribution in [0.5, 0.6) is 17.2 Å². The van der Waals surface area contributed by atoms with Crippen molar-refractivity contribution in [3.8, 4) is 17.2 Å². The van der Waals surface area contributed by atoms with Gasteiger partial charge in [-0.3, -0.25) is 0 Å². The van der Waals surface area contributed by atoms with Crippen LogP contribution >= 0.6 is 0 Å². The first kappa shape index (κ1) is 15.7. The number of hydrogen-bond acceptors (Lipinski definition) is 3. The van der Waals surface area contributed by atoms with Gasteiger partial charge in [0.15, 0.2) is 11.5 Å². The van der Waals surface area contributed by atoms with Crippen LogP contribution in [0.2, 0.25) is 0 Å². The SMILES string of the molecule is CCOc1cc2c(cc1O)C(C)(c1ccc(O)cc1)CC2(C)C. The van der Waals surface area contributed by atoms with Crippen molar-refractivity contribution < 1.29 is 14.9 Å². The van der Waals surface area contributed by atoms with Gasteiger partial charge < -0.3 is 14.9 Å². The van der Waals surface area contributed by atoms with Crippen LogP contribution in [0.25, 0.3) is 0 Å². The highest BCUT2D eigenvalue weighted by atomic mass is 16.5. The van der Waals surface area contributed by atoms with Gasteiger partial charge in [-0.15, -0.1) is 0 Å². The van der Waals surface area contributed by atoms with E-state index in [1.54, 1.807) is 12.1 Å². The molecule has 3 rings (SSSR count). The van der Waals surface area contributed by atoms with E-state index < -0.39 is 0 Å². The minimum atomic E-state index is -0.200. The summed E-state index contributed by atoms with van der Waals surface area (Å²) in [5.74, 6) is 1.01. The number of fused-ring (bicyclic) bond motifs is 1. The highest BCUT2D eigenvalue weighted by Crippen LogP contribution is 2.55. The molecule has 0 heterocycles. The molecule has 122 valence electrons. The summed E-state index contributed by atoms with van der Waals surface area (Å²) in [4.78, 5) is 0. The monoisotopic (exact) mass is 312 g/mol. The number of ether oxygens (including phenoxy) is 1. The van der Waals surface area contributed by atoms with Gasteiger partial charge in [0.2, 0.25) is 0 Å². The van der Waals surface area contributed by atoms with Crippen molar-refractivity contribution in [1.82, 2.24) is 0 Å². The summed E-state index contributed by atoms with van der Waals surface area (Å²) in [6, 6.07) is 11.2. The molecule has 0 bridgehead atoms. The van der Waals surface area contributed by atoms with Crippen LogP contribution in [0.3, 0.4) is 0 Å². The Morgan fingerprint density at radius 3 is 2.26 bits per heavy atom. The van der Waals surface area contributed by atoms with Crippen LogP contribution in [-0.2, 0) is 10.8 Å². The molecule has 2 N–H and O–H groups in total. The Labute approximate surface area is 137 Å². The number of phenols is 2. The fraction of sp³-hybridized carbons (Fsp3) is 0.400. The van der Waals surface area contributed by atoms with Crippen molar-refractivity contribution in [2.45, 2.75) is 44.9 Å². The Kier molecular flexibility index (Phi) is 3.55. The van der Waals surface area contributed by atoms with Gasteiger partial charge in [-0.25, -0.2) is 0 Å². The summed E-state index contributed by atoms with van der Waals surface area (Å²) in [6.45, 7) is 9.10. The Balaban J connectivity index is 2.18. The Morgan fingerprint density at radius 2 is 1.65 bits per heavy atom. The number of hydrogen-bond donors (Lipinski definition) is 2. The lowest BCUT2D eigenvalue weighted by atomic mass is 9.75. The molecule has 0 spiro atoms. The van der Waals surface area contributed by atoms with E-state index in [-0.39, 0.29) is 22.3 Å². The van der Waals surface area contributed by atoms with E-state index in [9.17, 15) is 10.2 Å². The third-order valence-electron chi connectivity index (χ3n) is 5.02. The second-order valence-electron chi connectivity index (χ2n) is 7.24. The number of phenolic OH excluding ortho intramolecular Hbond substituents is 2. The first-order valence-electron chi connectivity index (χ1n) is 8.08. The Hall–Kier alpha value is -2.16. The fourth-order valence-corrected chi connectivity index (χ4v) is 4.02. The van der Waals surface area contributed by atoms with E-state index >= 15 is 0 Å². The maximum Gasteiger partial charge on any atom is 0.161 e. The standard InChI is InChI=1S/C20H24O3/c1-5-23-18-11-15-16(10-17(18)22)20(4,12-19(15,2)3)13-6-8-14(21)9-7-13/h6-11,21-22H,5,12H2,1-4H3. The lowest BCUT2D eigenvalue weighted by molar-refractivity contribution is 0.317. The third kappa shape index (κ3) is 2.44. The van der Waals surface area contributed by atoms with Crippen LogP contribution in [0.1, 0.15) is 50.8 Å². The van der Waals surface area contributed by atoms with Crippen LogP contribution in [0.4, 0.5) is 0 Å². The van der Waals surface area contributed by atoms with Crippen LogP contribution in [0.15, 0.2) is 36.4 Å². The summed E-state index contributed by atoms with van der Waals surface area (Å²) in [7, 11) is 0. The van der Waals surface area contributed by atoms with E-state index in [1.165, 1.54) is 5.56 Å². The third-order valence-corrected chi connectivity index (χ3v) is 5.02. The molecule has 0 saturated carbocycles. The predicted octanol–water partition coefficient (Wildman–Crippen LogP) is 4.48. The van der Waals surface area contributed by atoms with Gasteiger partial charge in [-0.1, -0.05) is 32.9 Å². The van der Waals surface area contributed by atoms with E-state index in [0.29, 0.717) is 12.4 Å². The van der Waals surface area contributed by atoms with Crippen LogP contribution < -0.4 is 4.74 Å². The van der Waals surface area contributed by atoms with Gasteiger partial charge in [0.05, 0.1) is 6.61 Å². The number of rotatable bonds is 3. The van der Waals surface area contributed by atoms with Gasteiger partial charge in [-0.05, 0) is 59.7 Å². The molecule has 3 heteroatoms. The second-order valence-corrected chi connectivity index (χ2v) is 7.24. The van der Waals surface area contributed by atoms with Crippen LogP contribution in [0, 0.1) is 0 Å². The number of benzene rings is 2. The maximum absolute atomic E-state index is 10.3. The smallest absolute Gasteiger partial charge is 0.161 e. The van der Waals surface area contributed by atoms with Gasteiger partial charge in [0.25, 0.3) is 0 Å². The molecule has 0 amide bonds. The molecule has 1 unspecified atom stereocenters. The molecule has 1 aliphatic rings. The largest absolute Gasteiger partial charge is 0.508 e. The molecule has 0 aromatic heterocycles. The Bertz CT molecular complexity index is 731. The van der Waals surface area contributed by atoms with E-state index in [2.05, 4.69) is 20.8 Å². The van der Waals surface area contributed by atoms with Crippen molar-refractivity contribution in [1.29, 1.82) is 0 Å². The minimum Gasteiger partial charge on any atom is -0.508 e. The first-order valence-corrected chi connectivity index (χ1v) is 8.08. The lowest BCUT2D eigenvalue weighted by Crippen LogP contribution is -2.23. The van der Waals surface area contributed by atoms with Gasteiger partial charge in [0.1, 0.15) is 5.75 Å². The molecular formula is C20H24O3. The van der Waals surface area contributed by atoms with E-state index in [4.69, 9.17) is 4.74 Å². The highest BCUT2D eigenvalue weighted by molar-refractivity contribution is 5.58. The van der Waals surface area contributed by atoms with Crippen molar-refractivity contribution >= 4 is 0 Å². The zero-order valence-corrected chi connectivity index (χ0v) is 14.2. The molecular weight excluding hydrogens is 288 g/mol. The minimum absolute atomic E-state index is 0.0124. The zero-order valence-electron chi connectivity index (χ0n) is 14.2. The second kappa shape index (κ2) is 5.19. The summed E-state index contributed by atoms with van der Waals surface area (Å²) in [6.07, 6.45) is 0.940. The molecule has 1 aliphatic carbocycles. The van der Waals surface area contributed by atoms with Crippen molar-refractivity contribution in [2.75, 3.05) is 6.61 Å². The molecule has 0 radical (unpaired) electrons. The van der Waals surface area contributed by atoms with Gasteiger partial charge >= 0.3 is 0 Å². The zero-order chi connectivity index (χ0) is 16.8. The predicted molar refractivity (Wildman–Crippen MR) is 91.5 cm³/mol. The van der Waals surface area contributed by atoms with Crippen molar-refractivity contribution in [2.24, 2.45) is 0 Å². The molecule has 23 heavy (non-hydrogen) atoms. The first-order chi connectivity index (χ1) is 10.8. The summed E-state index contributed by atoms with van der Waals surface area (Å²) in [5, 5.41) is 19.9. The molecule has 2 aromatic carbocycles. The topological polar surface area (TPSA) is 49.7 Å². The normalized spacial score (nSPS) is 21.9. The maximum atomic E-state index is 10.3. The quantitative estimate of drug-likeness (QED) is 0.878. The summed E-state index contributed by atoms with van der Waals surface area (Å²) in [5.41, 5.74) is 3.28. The van der Waals surface area contributed by atoms with Crippen LogP contribution in [-0.4, -0.2) is 16.8 Å². The van der Waals surface area contributed by atoms with Gasteiger partial charge in [0, 0.05) is 5.41 Å². The summed E-state index contributed by atoms with van der Waals surface area (Å²) < 4.78 is 5.56. The molecule has 2 aromatic rings. The summed E-state index contributed by atoms with van der Waals surface area (Å²) >= 11 is 0. The van der Waals surface area contributed by atoms with Crippen molar-refractivity contribution in [3.63, 3.8) is 0 Å².